The quantitative estimate of drug-likeness (QED) is 0.714. The minimum absolute atomic E-state index is 0.459. The van der Waals surface area contributed by atoms with E-state index in [1.165, 1.54) is 32.4 Å². The van der Waals surface area contributed by atoms with Crippen LogP contribution < -0.4 is 5.32 Å². The second kappa shape index (κ2) is 6.00. The molecule has 108 valence electrons. The van der Waals surface area contributed by atoms with E-state index in [1.807, 2.05) is 11.3 Å². The summed E-state index contributed by atoms with van der Waals surface area (Å²) >= 11 is 7.73. The molecule has 0 unspecified atom stereocenters. The van der Waals surface area contributed by atoms with E-state index in [-0.39, 0.29) is 0 Å². The van der Waals surface area contributed by atoms with Crippen molar-refractivity contribution >= 4 is 38.8 Å². The van der Waals surface area contributed by atoms with Crippen LogP contribution in [0.4, 0.5) is 5.82 Å². The maximum absolute atomic E-state index is 5.85. The number of fused-ring (bicyclic) bond motifs is 1. The average molecular weight is 318 g/mol. The fourth-order valence-corrected chi connectivity index (χ4v) is 3.81. The first-order valence-electron chi connectivity index (χ1n) is 6.84. The number of nitrogens with zero attached hydrogens (tertiary/aromatic N) is 2. The summed E-state index contributed by atoms with van der Waals surface area (Å²) in [5.74, 6) is 0.767. The number of benzene rings is 1. The van der Waals surface area contributed by atoms with Crippen LogP contribution in [0.2, 0.25) is 5.15 Å². The molecule has 0 fully saturated rings. The zero-order valence-corrected chi connectivity index (χ0v) is 13.6. The Labute approximate surface area is 133 Å². The lowest BCUT2D eigenvalue weighted by molar-refractivity contribution is 1.00. The molecule has 1 aromatic carbocycles. The van der Waals surface area contributed by atoms with Gasteiger partial charge in [0, 0.05) is 22.2 Å². The van der Waals surface area contributed by atoms with Gasteiger partial charge in [0.1, 0.15) is 17.3 Å². The van der Waals surface area contributed by atoms with Gasteiger partial charge >= 0.3 is 0 Å². The molecule has 3 aromatic rings. The van der Waals surface area contributed by atoms with Gasteiger partial charge in [0.25, 0.3) is 0 Å². The Morgan fingerprint density at radius 1 is 1.24 bits per heavy atom. The lowest BCUT2D eigenvalue weighted by Crippen LogP contribution is -2.06. The van der Waals surface area contributed by atoms with Gasteiger partial charge < -0.3 is 5.32 Å². The predicted octanol–water partition coefficient (Wildman–Crippen LogP) is 4.62. The summed E-state index contributed by atoms with van der Waals surface area (Å²) in [5, 5.41) is 5.13. The van der Waals surface area contributed by atoms with Crippen LogP contribution in [0.25, 0.3) is 10.1 Å². The van der Waals surface area contributed by atoms with Gasteiger partial charge in [-0.3, -0.25) is 0 Å². The van der Waals surface area contributed by atoms with E-state index in [0.29, 0.717) is 5.15 Å². The van der Waals surface area contributed by atoms with Crippen LogP contribution >= 0.6 is 22.9 Å². The molecule has 1 N–H and O–H groups in total. The number of nitrogens with one attached hydrogen (secondary N) is 1. The first kappa shape index (κ1) is 14.3. The standard InChI is InChI=1S/C16H16ClN3S/c1-10-4-3-5-13-12(11(2)21-16(10)13)6-7-18-15-8-14(17)19-9-20-15/h3-5,8-9H,6-7H2,1-2H3,(H,18,19,20). The number of aromatic nitrogens is 2. The highest BCUT2D eigenvalue weighted by molar-refractivity contribution is 7.19. The number of aryl methyl sites for hydroxylation is 2. The van der Waals surface area contributed by atoms with Gasteiger partial charge in [-0.15, -0.1) is 11.3 Å². The Bertz CT molecular complexity index is 782. The second-order valence-corrected chi connectivity index (χ2v) is 6.60. The van der Waals surface area contributed by atoms with E-state index in [4.69, 9.17) is 11.6 Å². The summed E-state index contributed by atoms with van der Waals surface area (Å²) in [6.45, 7) is 5.19. The summed E-state index contributed by atoms with van der Waals surface area (Å²) in [6, 6.07) is 8.25. The van der Waals surface area contributed by atoms with Gasteiger partial charge in [0.2, 0.25) is 0 Å². The van der Waals surface area contributed by atoms with Crippen molar-refractivity contribution < 1.29 is 0 Å². The van der Waals surface area contributed by atoms with Crippen LogP contribution in [-0.2, 0) is 6.42 Å². The van der Waals surface area contributed by atoms with Gasteiger partial charge in [0.05, 0.1) is 0 Å². The SMILES string of the molecule is Cc1sc2c(C)cccc2c1CCNc1cc(Cl)ncn1. The molecule has 21 heavy (non-hydrogen) atoms. The summed E-state index contributed by atoms with van der Waals surface area (Å²) in [4.78, 5) is 9.42. The third-order valence-electron chi connectivity index (χ3n) is 3.53. The fraction of sp³-hybridized carbons (Fsp3) is 0.250. The van der Waals surface area contributed by atoms with Gasteiger partial charge in [-0.25, -0.2) is 9.97 Å². The van der Waals surface area contributed by atoms with Crippen molar-refractivity contribution in [3.8, 4) is 0 Å². The van der Waals surface area contributed by atoms with Crippen LogP contribution in [0, 0.1) is 13.8 Å². The molecule has 0 saturated heterocycles. The monoisotopic (exact) mass is 317 g/mol. The van der Waals surface area contributed by atoms with Crippen LogP contribution in [0.1, 0.15) is 16.0 Å². The summed E-state index contributed by atoms with van der Waals surface area (Å²) in [5.41, 5.74) is 2.77. The largest absolute Gasteiger partial charge is 0.370 e. The molecule has 0 saturated carbocycles. The molecular weight excluding hydrogens is 302 g/mol. The van der Waals surface area contributed by atoms with Gasteiger partial charge in [-0.05, 0) is 36.8 Å². The van der Waals surface area contributed by atoms with Crippen molar-refractivity contribution in [3.05, 3.63) is 51.7 Å². The zero-order chi connectivity index (χ0) is 14.8. The van der Waals surface area contributed by atoms with E-state index in [2.05, 4.69) is 47.3 Å². The molecule has 0 atom stereocenters. The molecule has 5 heteroatoms. The average Bonchev–Trinajstić information content (AvgIpc) is 2.77. The van der Waals surface area contributed by atoms with Crippen molar-refractivity contribution in [1.82, 2.24) is 9.97 Å². The van der Waals surface area contributed by atoms with Crippen molar-refractivity contribution in [2.45, 2.75) is 20.3 Å². The molecule has 0 radical (unpaired) electrons. The molecule has 2 aromatic heterocycles. The third kappa shape index (κ3) is 3.01. The molecule has 0 spiro atoms. The van der Waals surface area contributed by atoms with E-state index in [1.54, 1.807) is 6.07 Å². The number of halogens is 1. The Balaban J connectivity index is 1.76. The van der Waals surface area contributed by atoms with Gasteiger partial charge in [0.15, 0.2) is 0 Å². The molecule has 0 bridgehead atoms. The number of anilines is 1. The Hall–Kier alpha value is -1.65. The molecule has 3 nitrogen and oxygen atoms in total. The lowest BCUT2D eigenvalue weighted by atomic mass is 10.1. The Morgan fingerprint density at radius 3 is 2.90 bits per heavy atom. The van der Waals surface area contributed by atoms with E-state index >= 15 is 0 Å². The Kier molecular flexibility index (Phi) is 4.08. The first-order valence-corrected chi connectivity index (χ1v) is 8.03. The molecule has 0 aliphatic heterocycles. The van der Waals surface area contributed by atoms with Gasteiger partial charge in [-0.1, -0.05) is 29.8 Å². The number of hydrogen-bond donors (Lipinski definition) is 1. The minimum atomic E-state index is 0.459. The van der Waals surface area contributed by atoms with Crippen molar-refractivity contribution in [3.63, 3.8) is 0 Å². The molecule has 0 aliphatic rings. The van der Waals surface area contributed by atoms with Crippen molar-refractivity contribution in [2.75, 3.05) is 11.9 Å². The summed E-state index contributed by atoms with van der Waals surface area (Å²) < 4.78 is 1.40. The maximum atomic E-state index is 5.85. The highest BCUT2D eigenvalue weighted by atomic mass is 35.5. The van der Waals surface area contributed by atoms with Crippen molar-refractivity contribution in [1.29, 1.82) is 0 Å². The first-order chi connectivity index (χ1) is 10.1. The lowest BCUT2D eigenvalue weighted by Gasteiger charge is -2.06. The molecular formula is C16H16ClN3S. The van der Waals surface area contributed by atoms with Gasteiger partial charge in [-0.2, -0.15) is 0 Å². The predicted molar refractivity (Wildman–Crippen MR) is 90.5 cm³/mol. The number of hydrogen-bond acceptors (Lipinski definition) is 4. The fourth-order valence-electron chi connectivity index (χ4n) is 2.49. The van der Waals surface area contributed by atoms with Crippen LogP contribution in [0.15, 0.2) is 30.6 Å². The topological polar surface area (TPSA) is 37.8 Å². The molecule has 3 rings (SSSR count). The highest BCUT2D eigenvalue weighted by Crippen LogP contribution is 2.33. The maximum Gasteiger partial charge on any atom is 0.134 e. The summed E-state index contributed by atoms with van der Waals surface area (Å²) in [7, 11) is 0. The van der Waals surface area contributed by atoms with E-state index in [0.717, 1.165) is 18.8 Å². The second-order valence-electron chi connectivity index (χ2n) is 4.99. The minimum Gasteiger partial charge on any atom is -0.370 e. The third-order valence-corrected chi connectivity index (χ3v) is 5.04. The number of rotatable bonds is 4. The normalized spacial score (nSPS) is 11.0. The van der Waals surface area contributed by atoms with Crippen LogP contribution in [-0.4, -0.2) is 16.5 Å². The highest BCUT2D eigenvalue weighted by Gasteiger charge is 2.10. The van der Waals surface area contributed by atoms with Crippen LogP contribution in [0.3, 0.4) is 0 Å². The van der Waals surface area contributed by atoms with Crippen LogP contribution in [0.5, 0.6) is 0 Å². The van der Waals surface area contributed by atoms with Crippen molar-refractivity contribution in [2.24, 2.45) is 0 Å². The smallest absolute Gasteiger partial charge is 0.134 e. The van der Waals surface area contributed by atoms with E-state index < -0.39 is 0 Å². The summed E-state index contributed by atoms with van der Waals surface area (Å²) in [6.07, 6.45) is 2.44. The zero-order valence-electron chi connectivity index (χ0n) is 12.0. The molecule has 0 aliphatic carbocycles. The Morgan fingerprint density at radius 2 is 2.10 bits per heavy atom. The molecule has 0 amide bonds. The number of thiophene rings is 1. The molecule has 2 heterocycles. The van der Waals surface area contributed by atoms with E-state index in [9.17, 15) is 0 Å².